The lowest BCUT2D eigenvalue weighted by atomic mass is 9.99. The Morgan fingerprint density at radius 3 is 0.902 bits per heavy atom. The SMILES string of the molecule is CC(O)CN1CC(S(=O)(=O)NC(=O)Nc2c3c(cc4c2CCC4)CCC3)C1.CC1(CCN2CC(S(=O)(=O)NC(=O)Nc3c4c(cc5c3CCC5)CCC4)C2)N=N1.C[Si](C)(C)CN1CC(S(=O)(=O)NC(=O)Nc2c3c(cc4c2CCC4)CCC3)C1.O=C(Nc1c2c(cc3c1CCC3)CCC2)NS(=O)(=O)C1CN(CCCCO)C1. The van der Waals surface area contributed by atoms with Crippen LogP contribution in [0, 0.1) is 0 Å². The van der Waals surface area contributed by atoms with Crippen molar-refractivity contribution in [3.63, 3.8) is 0 Å². The molecule has 33 heteroatoms. The summed E-state index contributed by atoms with van der Waals surface area (Å²) in [7, 11) is -16.0. The lowest BCUT2D eigenvalue weighted by Gasteiger charge is -2.41. The molecule has 5 heterocycles. The first-order chi connectivity index (χ1) is 53.3. The number of anilines is 4. The van der Waals surface area contributed by atoms with Gasteiger partial charge in [-0.2, -0.15) is 10.2 Å². The maximum Gasteiger partial charge on any atom is 0.332 e. The summed E-state index contributed by atoms with van der Waals surface area (Å²) < 4.78 is 109. The smallest absolute Gasteiger partial charge is 0.332 e. The number of β-amino-alcohol motifs (C(OH)–C–C–N with tert-alkyl or cyclic N) is 1. The molecule has 0 saturated carbocycles. The van der Waals surface area contributed by atoms with Gasteiger partial charge >= 0.3 is 24.1 Å². The van der Waals surface area contributed by atoms with Gasteiger partial charge in [0.15, 0.2) is 5.66 Å². The molecule has 1 atom stereocenters. The van der Waals surface area contributed by atoms with Crippen molar-refractivity contribution in [3.05, 3.63) is 113 Å². The van der Waals surface area contributed by atoms with Gasteiger partial charge in [0.1, 0.15) is 21.0 Å². The minimum absolute atomic E-state index is 0.157. The van der Waals surface area contributed by atoms with Crippen LogP contribution in [-0.2, 0) is 143 Å². The second kappa shape index (κ2) is 33.5. The van der Waals surface area contributed by atoms with Gasteiger partial charge in [0, 0.05) is 101 Å². The number of rotatable bonds is 23. The van der Waals surface area contributed by atoms with E-state index in [0.29, 0.717) is 58.9 Å². The summed E-state index contributed by atoms with van der Waals surface area (Å²) in [5.74, 6) is 0. The molecule has 5 aliphatic heterocycles. The molecule has 112 heavy (non-hydrogen) atoms. The third-order valence-electron chi connectivity index (χ3n) is 24.7. The number of aryl methyl sites for hydroxylation is 8. The molecular weight excluding hydrogens is 1530 g/mol. The molecule has 28 nitrogen and oxygen atoms in total. The van der Waals surface area contributed by atoms with Gasteiger partial charge in [-0.3, -0.25) is 4.90 Å². The summed E-state index contributed by atoms with van der Waals surface area (Å²) in [5.41, 5.74) is 23.1. The quantitative estimate of drug-likeness (QED) is 0.0250. The van der Waals surface area contributed by atoms with Crippen LogP contribution in [0.15, 0.2) is 34.5 Å². The highest BCUT2D eigenvalue weighted by molar-refractivity contribution is 7.91. The van der Waals surface area contributed by atoms with Crippen LogP contribution in [-0.4, -0.2) is 213 Å². The predicted octanol–water partition coefficient (Wildman–Crippen LogP) is 7.80. The highest BCUT2D eigenvalue weighted by atomic mass is 32.2. The number of aliphatic hydroxyl groups excluding tert-OH is 2. The van der Waals surface area contributed by atoms with Gasteiger partial charge in [-0.15, -0.1) is 0 Å². The lowest BCUT2D eigenvalue weighted by molar-refractivity contribution is 0.0915. The van der Waals surface area contributed by atoms with Crippen molar-refractivity contribution in [1.29, 1.82) is 0 Å². The van der Waals surface area contributed by atoms with E-state index in [4.69, 9.17) is 5.11 Å². The van der Waals surface area contributed by atoms with Gasteiger partial charge in [-0.05, 0) is 283 Å². The van der Waals surface area contributed by atoms with Gasteiger partial charge in [0.05, 0.1) is 14.2 Å². The Balaban J connectivity index is 0.000000124. The zero-order valence-corrected chi connectivity index (χ0v) is 69.9. The summed E-state index contributed by atoms with van der Waals surface area (Å²) in [6, 6.07) is 6.58. The second-order valence-electron chi connectivity index (χ2n) is 34.8. The zero-order valence-electron chi connectivity index (χ0n) is 65.6. The number of nitrogens with one attached hydrogen (secondary N) is 8. The number of unbranched alkanes of at least 4 members (excludes halogenated alkanes) is 1. The first-order valence-corrected chi connectivity index (χ1v) is 50.7. The van der Waals surface area contributed by atoms with Gasteiger partial charge in [0.25, 0.3) is 0 Å². The standard InChI is InChI=1S/C20H27N5O3S.C20H29N3O4S.C20H31N3O3SSi.C19H27N3O4S/c1-20(23-24-20)8-9-25-11-15(12-25)29(27,28)22-19(26)21-18-16-6-2-4-13(16)10-14-5-3-7-17(14)18;24-10-2-1-9-23-12-16(13-23)28(26,27)22-20(25)21-19-17-7-3-5-14(17)11-15-6-4-8-18(15)19;1-28(2,3)13-23-11-16(12-23)27(25,26)22-20(24)21-19-17-8-4-6-14(17)10-15-7-5-9-18(15)19;1-12(23)9-22-10-15(11-22)27(25,26)21-19(24)20-18-16-6-2-4-13(16)8-14-5-3-7-17(14)18/h10,15H,2-9,11-12H2,1H3,(H2,21,22,26);11,16,24H,1-10,12-13H2,(H2,21,22,25);10,16H,4-9,11-13H2,1-3H3,(H2,21,22,24);8,12,15,23H,2-7,9-11H2,1H3,(H2,20,21,24). The number of hydrogen-bond acceptors (Lipinski definition) is 20. The molecule has 612 valence electrons. The van der Waals surface area contributed by atoms with Crippen LogP contribution in [0.25, 0.3) is 0 Å². The van der Waals surface area contributed by atoms with Crippen LogP contribution in [0.2, 0.25) is 19.6 Å². The fourth-order valence-corrected chi connectivity index (χ4v) is 25.6. The van der Waals surface area contributed by atoms with Crippen molar-refractivity contribution in [2.24, 2.45) is 10.2 Å². The Labute approximate surface area is 661 Å². The number of likely N-dealkylation sites (tertiary alicyclic amines) is 4. The van der Waals surface area contributed by atoms with Crippen LogP contribution < -0.4 is 40.2 Å². The highest BCUT2D eigenvalue weighted by Crippen LogP contribution is 2.43. The van der Waals surface area contributed by atoms with Gasteiger partial charge in [-0.1, -0.05) is 43.9 Å². The number of urea groups is 4. The summed E-state index contributed by atoms with van der Waals surface area (Å²) in [6.45, 7) is 16.1. The van der Waals surface area contributed by atoms with Crippen LogP contribution >= 0.6 is 0 Å². The molecule has 4 saturated heterocycles. The van der Waals surface area contributed by atoms with Crippen LogP contribution in [0.3, 0.4) is 0 Å². The zero-order chi connectivity index (χ0) is 79.2. The average Bonchev–Trinajstić information content (AvgIpc) is 1.54. The fourth-order valence-electron chi connectivity index (χ4n) is 18.8. The fraction of sp³-hybridized carbons (Fsp3) is 0.646. The monoisotopic (exact) mass is 1640 g/mol. The van der Waals surface area contributed by atoms with Crippen molar-refractivity contribution in [3.8, 4) is 0 Å². The molecule has 13 aliphatic rings. The van der Waals surface area contributed by atoms with Gasteiger partial charge in [0.2, 0.25) is 40.1 Å². The molecule has 4 fully saturated rings. The Bertz CT molecular complexity index is 4690. The minimum atomic E-state index is -3.73. The van der Waals surface area contributed by atoms with Crippen molar-refractivity contribution < 1.29 is 63.1 Å². The van der Waals surface area contributed by atoms with E-state index in [1.165, 1.54) is 89.0 Å². The predicted molar refractivity (Wildman–Crippen MR) is 436 cm³/mol. The van der Waals surface area contributed by atoms with Crippen molar-refractivity contribution in [2.75, 3.05) is 106 Å². The van der Waals surface area contributed by atoms with E-state index < -0.39 is 99.4 Å². The van der Waals surface area contributed by atoms with Crippen LogP contribution in [0.4, 0.5) is 41.9 Å². The van der Waals surface area contributed by atoms with Crippen molar-refractivity contribution >= 4 is 95.0 Å². The maximum absolute atomic E-state index is 12.6. The van der Waals surface area contributed by atoms with E-state index in [1.54, 1.807) is 6.92 Å². The number of benzene rings is 4. The van der Waals surface area contributed by atoms with E-state index in [2.05, 4.69) is 104 Å². The summed E-state index contributed by atoms with van der Waals surface area (Å²) in [4.78, 5) is 58.3. The Hall–Kier alpha value is -6.66. The van der Waals surface area contributed by atoms with E-state index in [0.717, 1.165) is 215 Å². The molecule has 4 aromatic rings. The van der Waals surface area contributed by atoms with E-state index in [1.807, 2.05) is 16.7 Å². The molecule has 0 bridgehead atoms. The van der Waals surface area contributed by atoms with E-state index in [-0.39, 0.29) is 12.3 Å². The molecule has 1 unspecified atom stereocenters. The van der Waals surface area contributed by atoms with E-state index >= 15 is 0 Å². The molecule has 0 radical (unpaired) electrons. The Morgan fingerprint density at radius 1 is 0.411 bits per heavy atom. The first-order valence-electron chi connectivity index (χ1n) is 40.9. The second-order valence-corrected chi connectivity index (χ2v) is 48.0. The van der Waals surface area contributed by atoms with Crippen LogP contribution in [0.1, 0.15) is 173 Å². The Kier molecular flexibility index (Phi) is 24.5. The maximum atomic E-state index is 12.6. The van der Waals surface area contributed by atoms with Crippen molar-refractivity contribution in [1.82, 2.24) is 38.5 Å². The number of carbonyl (C=O) groups excluding carboxylic acids is 4. The molecule has 10 N–H and O–H groups in total. The topological polar surface area (TPSA) is 379 Å². The molecule has 0 aromatic heterocycles. The lowest BCUT2D eigenvalue weighted by Crippen LogP contribution is -2.61. The third-order valence-corrected chi connectivity index (χ3v) is 32.7. The molecular formula is C79H114N14O14S4Si. The number of sulfonamides is 4. The van der Waals surface area contributed by atoms with Crippen LogP contribution in [0.5, 0.6) is 0 Å². The average molecular weight is 1640 g/mol. The normalized spacial score (nSPS) is 20.5. The molecule has 0 spiro atoms. The molecule has 8 amide bonds. The summed E-state index contributed by atoms with van der Waals surface area (Å²) in [5, 5.41) is 35.5. The third kappa shape index (κ3) is 19.1. The Morgan fingerprint density at radius 2 is 0.661 bits per heavy atom. The highest BCUT2D eigenvalue weighted by Gasteiger charge is 2.45. The summed E-state index contributed by atoms with van der Waals surface area (Å²) >= 11 is 0. The number of aliphatic hydroxyl groups is 2. The number of carbonyl (C=O) groups is 4. The number of nitrogens with zero attached hydrogens (tertiary/aromatic N) is 6. The molecule has 4 aromatic carbocycles. The number of fused-ring (bicyclic) bond motifs is 8. The minimum Gasteiger partial charge on any atom is -0.396 e. The largest absolute Gasteiger partial charge is 0.396 e. The van der Waals surface area contributed by atoms with Crippen molar-refractivity contribution in [2.45, 2.75) is 240 Å². The summed E-state index contributed by atoms with van der Waals surface area (Å²) in [6.07, 6.45) is 27.4. The van der Waals surface area contributed by atoms with E-state index in [9.17, 15) is 58.0 Å². The first kappa shape index (κ1) is 81.9. The molecule has 8 aliphatic carbocycles. The van der Waals surface area contributed by atoms with Gasteiger partial charge in [-0.25, -0.2) is 71.7 Å². The molecule has 17 rings (SSSR count). The number of hydrogen-bond donors (Lipinski definition) is 10. The number of amides is 8. The van der Waals surface area contributed by atoms with Gasteiger partial charge < -0.3 is 46.2 Å².